The van der Waals surface area contributed by atoms with Crippen LogP contribution in [0.3, 0.4) is 0 Å². The van der Waals surface area contributed by atoms with E-state index in [1.54, 1.807) is 70.2 Å². The fraction of sp³-hybridized carbons (Fsp3) is 0.531. The molecule has 0 aromatic heterocycles. The van der Waals surface area contributed by atoms with Crippen LogP contribution in [0.1, 0.15) is 58.3 Å². The number of benzene rings is 1. The van der Waals surface area contributed by atoms with E-state index in [4.69, 9.17) is 9.47 Å². The molecule has 5 rings (SSSR count). The summed E-state index contributed by atoms with van der Waals surface area (Å²) in [6.45, 7) is 10.9. The number of allylic oxidation sites excluding steroid dienone is 2. The van der Waals surface area contributed by atoms with E-state index < -0.39 is 46.5 Å². The van der Waals surface area contributed by atoms with Crippen molar-refractivity contribution in [2.75, 3.05) is 6.61 Å². The van der Waals surface area contributed by atoms with Crippen LogP contribution < -0.4 is 0 Å². The zero-order valence-electron chi connectivity index (χ0n) is 23.4. The van der Waals surface area contributed by atoms with Gasteiger partial charge in [-0.1, -0.05) is 50.3 Å². The highest BCUT2D eigenvalue weighted by molar-refractivity contribution is 5.96. The van der Waals surface area contributed by atoms with Crippen LogP contribution in [0.4, 0.5) is 0 Å². The van der Waals surface area contributed by atoms with E-state index in [0.717, 1.165) is 0 Å². The third-order valence-corrected chi connectivity index (χ3v) is 10.1. The zero-order chi connectivity index (χ0) is 28.5. The number of carbonyl (C=O) groups is 3. The number of hydrogen-bond donors (Lipinski definition) is 2. The van der Waals surface area contributed by atoms with E-state index in [0.29, 0.717) is 28.7 Å². The Balaban J connectivity index is 1.50. The molecule has 208 valence electrons. The second kappa shape index (κ2) is 9.27. The minimum Gasteiger partial charge on any atom is -0.461 e. The van der Waals surface area contributed by atoms with Gasteiger partial charge in [-0.05, 0) is 75.1 Å². The molecule has 7 nitrogen and oxygen atoms in total. The molecule has 0 unspecified atom stereocenters. The summed E-state index contributed by atoms with van der Waals surface area (Å²) in [4.78, 5) is 40.1. The van der Waals surface area contributed by atoms with Gasteiger partial charge in [0.1, 0.15) is 6.10 Å². The fourth-order valence-corrected chi connectivity index (χ4v) is 7.80. The molecule has 0 amide bonds. The van der Waals surface area contributed by atoms with Crippen LogP contribution in [0.5, 0.6) is 0 Å². The molecule has 2 saturated carbocycles. The van der Waals surface area contributed by atoms with Crippen molar-refractivity contribution >= 4 is 17.7 Å². The summed E-state index contributed by atoms with van der Waals surface area (Å²) in [5.74, 6) is -2.16. The lowest BCUT2D eigenvalue weighted by Gasteiger charge is -2.48. The first-order chi connectivity index (χ1) is 18.3. The molecule has 0 radical (unpaired) electrons. The van der Waals surface area contributed by atoms with Gasteiger partial charge in [0, 0.05) is 16.9 Å². The molecule has 1 aromatic carbocycles. The molecular formula is C32H38O7. The molecule has 9 atom stereocenters. The predicted molar refractivity (Wildman–Crippen MR) is 144 cm³/mol. The first kappa shape index (κ1) is 27.5. The van der Waals surface area contributed by atoms with Crippen LogP contribution in [0.25, 0.3) is 0 Å². The van der Waals surface area contributed by atoms with Crippen LogP contribution in [-0.4, -0.2) is 52.4 Å². The van der Waals surface area contributed by atoms with E-state index in [-0.39, 0.29) is 30.1 Å². The molecule has 1 aromatic rings. The molecular weight excluding hydrogens is 496 g/mol. The Kier molecular flexibility index (Phi) is 6.55. The lowest BCUT2D eigenvalue weighted by molar-refractivity contribution is -0.201. The third-order valence-electron chi connectivity index (χ3n) is 10.1. The lowest BCUT2D eigenvalue weighted by Crippen LogP contribution is -2.65. The SMILES string of the molecule is C/C=C(/C)C(=O)O[C@H]1C(C)=C[C@]23C(=O)[C@@H](C=C(C)[C@@H](O)[C@]12O)[C@H]1[C@@H](C[C@H]3C)[C@@]1(C)COC(=O)c1ccccc1. The van der Waals surface area contributed by atoms with Crippen LogP contribution in [0.2, 0.25) is 0 Å². The number of hydrogen-bond acceptors (Lipinski definition) is 7. The van der Waals surface area contributed by atoms with Gasteiger partial charge in [-0.3, -0.25) is 4.79 Å². The molecule has 2 fully saturated rings. The summed E-state index contributed by atoms with van der Waals surface area (Å²) in [5.41, 5.74) is -2.02. The summed E-state index contributed by atoms with van der Waals surface area (Å²) < 4.78 is 11.6. The summed E-state index contributed by atoms with van der Waals surface area (Å²) in [6.07, 6.45) is 3.17. The summed E-state index contributed by atoms with van der Waals surface area (Å²) in [5, 5.41) is 24.0. The van der Waals surface area contributed by atoms with Gasteiger partial charge in [-0.25, -0.2) is 9.59 Å². The topological polar surface area (TPSA) is 110 Å². The average Bonchev–Trinajstić information content (AvgIpc) is 3.46. The van der Waals surface area contributed by atoms with E-state index in [2.05, 4.69) is 6.92 Å². The van der Waals surface area contributed by atoms with E-state index >= 15 is 0 Å². The number of aliphatic hydroxyl groups excluding tert-OH is 1. The maximum Gasteiger partial charge on any atom is 0.338 e. The van der Waals surface area contributed by atoms with Gasteiger partial charge in [-0.15, -0.1) is 0 Å². The molecule has 0 heterocycles. The highest BCUT2D eigenvalue weighted by Crippen LogP contribution is 2.72. The number of esters is 2. The maximum absolute atomic E-state index is 14.6. The van der Waals surface area contributed by atoms with Gasteiger partial charge in [0.25, 0.3) is 0 Å². The van der Waals surface area contributed by atoms with Crippen LogP contribution >= 0.6 is 0 Å². The number of rotatable bonds is 5. The molecule has 39 heavy (non-hydrogen) atoms. The molecule has 2 bridgehead atoms. The largest absolute Gasteiger partial charge is 0.461 e. The molecule has 7 heteroatoms. The van der Waals surface area contributed by atoms with E-state index in [1.807, 2.05) is 13.0 Å². The van der Waals surface area contributed by atoms with Crippen molar-refractivity contribution in [3.05, 3.63) is 70.8 Å². The van der Waals surface area contributed by atoms with Gasteiger partial charge in [0.15, 0.2) is 17.5 Å². The Morgan fingerprint density at radius 3 is 2.46 bits per heavy atom. The first-order valence-corrected chi connectivity index (χ1v) is 13.7. The Hall–Kier alpha value is -3.03. The number of ether oxygens (including phenoxy) is 2. The number of ketones is 1. The number of fused-ring (bicyclic) bond motifs is 3. The van der Waals surface area contributed by atoms with Crippen molar-refractivity contribution in [1.82, 2.24) is 0 Å². The molecule has 0 aliphatic heterocycles. The van der Waals surface area contributed by atoms with Gasteiger partial charge < -0.3 is 19.7 Å². The lowest BCUT2D eigenvalue weighted by atomic mass is 9.59. The summed E-state index contributed by atoms with van der Waals surface area (Å²) in [7, 11) is 0. The Labute approximate surface area is 229 Å². The highest BCUT2D eigenvalue weighted by atomic mass is 16.6. The maximum atomic E-state index is 14.6. The summed E-state index contributed by atoms with van der Waals surface area (Å²) >= 11 is 0. The Morgan fingerprint density at radius 2 is 1.82 bits per heavy atom. The van der Waals surface area contributed by atoms with Gasteiger partial charge in [0.05, 0.1) is 17.6 Å². The number of Topliss-reactive ketones (excluding diaryl/α,β-unsaturated/α-hetero) is 1. The van der Waals surface area contributed by atoms with Crippen molar-refractivity contribution in [2.45, 2.75) is 65.8 Å². The fourth-order valence-electron chi connectivity index (χ4n) is 7.80. The summed E-state index contributed by atoms with van der Waals surface area (Å²) in [6, 6.07) is 8.82. The molecule has 0 saturated heterocycles. The first-order valence-electron chi connectivity index (χ1n) is 13.7. The molecule has 2 N–H and O–H groups in total. The number of carbonyl (C=O) groups excluding carboxylic acids is 3. The van der Waals surface area contributed by atoms with Gasteiger partial charge in [-0.2, -0.15) is 0 Å². The van der Waals surface area contributed by atoms with Crippen molar-refractivity contribution in [2.24, 2.45) is 34.5 Å². The third kappa shape index (κ3) is 3.73. The second-order valence-electron chi connectivity index (χ2n) is 12.3. The Morgan fingerprint density at radius 1 is 1.15 bits per heavy atom. The second-order valence-corrected chi connectivity index (χ2v) is 12.3. The van der Waals surface area contributed by atoms with Gasteiger partial charge >= 0.3 is 11.9 Å². The quantitative estimate of drug-likeness (QED) is 0.331. The van der Waals surface area contributed by atoms with Crippen LogP contribution in [-0.2, 0) is 19.1 Å². The standard InChI is InChI=1S/C32H38O7/c1-7-17(2)28(35)39-27-19(4)15-31-20(5)14-23-24(22(26(31)34)13-18(3)25(33)32(27,31)37)30(23,6)16-38-29(36)21-11-9-8-10-12-21/h7-13,15,20,22-25,27,33,37H,14,16H2,1-6H3/b17-7-/t20-,22+,23-,24+,25-,27+,30-,31+,32+/m1/s1. The van der Waals surface area contributed by atoms with Crippen molar-refractivity contribution in [3.8, 4) is 0 Å². The van der Waals surface area contributed by atoms with Crippen molar-refractivity contribution in [1.29, 1.82) is 0 Å². The van der Waals surface area contributed by atoms with E-state index in [9.17, 15) is 24.6 Å². The predicted octanol–water partition coefficient (Wildman–Crippen LogP) is 4.20. The molecule has 4 aliphatic rings. The highest BCUT2D eigenvalue weighted by Gasteiger charge is 2.77. The monoisotopic (exact) mass is 534 g/mol. The van der Waals surface area contributed by atoms with Gasteiger partial charge in [0.2, 0.25) is 0 Å². The molecule has 1 spiro atoms. The van der Waals surface area contributed by atoms with E-state index in [1.165, 1.54) is 0 Å². The van der Waals surface area contributed by atoms with Crippen LogP contribution in [0, 0.1) is 34.5 Å². The minimum absolute atomic E-state index is 0.0773. The number of aliphatic hydroxyl groups is 2. The van der Waals surface area contributed by atoms with Crippen LogP contribution in [0.15, 0.2) is 65.3 Å². The Bertz CT molecular complexity index is 1310. The van der Waals surface area contributed by atoms with Crippen molar-refractivity contribution < 1.29 is 34.1 Å². The van der Waals surface area contributed by atoms with Crippen molar-refractivity contribution in [3.63, 3.8) is 0 Å². The zero-order valence-corrected chi connectivity index (χ0v) is 23.4. The smallest absolute Gasteiger partial charge is 0.338 e. The average molecular weight is 535 g/mol. The normalized spacial score (nSPS) is 40.8. The molecule has 4 aliphatic carbocycles. The minimum atomic E-state index is -2.04.